The predicted octanol–water partition coefficient (Wildman–Crippen LogP) is 3.10. The second kappa shape index (κ2) is 8.04. The summed E-state index contributed by atoms with van der Waals surface area (Å²) in [6.45, 7) is 5.77. The molecule has 0 fully saturated rings. The van der Waals surface area contributed by atoms with E-state index < -0.39 is 0 Å². The lowest BCUT2D eigenvalue weighted by atomic mass is 10.1. The fraction of sp³-hybridized carbons (Fsp3) is 0.500. The van der Waals surface area contributed by atoms with Crippen LogP contribution in [0.3, 0.4) is 0 Å². The molecule has 0 aliphatic carbocycles. The van der Waals surface area contributed by atoms with Gasteiger partial charge in [0.15, 0.2) is 0 Å². The molecule has 20 heavy (non-hydrogen) atoms. The Bertz CT molecular complexity index is 521. The molecule has 4 nitrogen and oxygen atoms in total. The molecule has 0 aliphatic heterocycles. The minimum absolute atomic E-state index is 0.513. The van der Waals surface area contributed by atoms with Gasteiger partial charge >= 0.3 is 0 Å². The standard InChI is InChI=1S/C16H23NO3/c1-3-17-11-14-13-7-4-5-8-15(13)20-16(14)12-19-10-6-9-18-2/h4-5,7-8,17H,3,6,9-12H2,1-2H3. The lowest BCUT2D eigenvalue weighted by Crippen LogP contribution is -2.13. The van der Waals surface area contributed by atoms with Crippen molar-refractivity contribution in [3.63, 3.8) is 0 Å². The van der Waals surface area contributed by atoms with Crippen molar-refractivity contribution in [1.29, 1.82) is 0 Å². The Hall–Kier alpha value is -1.36. The topological polar surface area (TPSA) is 43.6 Å². The Kier molecular flexibility index (Phi) is 6.05. The second-order valence-corrected chi connectivity index (χ2v) is 4.68. The number of ether oxygens (including phenoxy) is 2. The molecule has 0 aliphatic rings. The molecule has 0 unspecified atom stereocenters. The molecule has 0 saturated heterocycles. The Morgan fingerprint density at radius 1 is 1.20 bits per heavy atom. The Balaban J connectivity index is 2.05. The minimum Gasteiger partial charge on any atom is -0.458 e. The number of para-hydroxylation sites is 1. The van der Waals surface area contributed by atoms with E-state index >= 15 is 0 Å². The van der Waals surface area contributed by atoms with E-state index in [0.29, 0.717) is 13.2 Å². The van der Waals surface area contributed by atoms with Gasteiger partial charge in [-0.3, -0.25) is 0 Å². The van der Waals surface area contributed by atoms with Gasteiger partial charge in [-0.15, -0.1) is 0 Å². The third kappa shape index (κ3) is 3.82. The van der Waals surface area contributed by atoms with E-state index in [0.717, 1.165) is 37.5 Å². The number of rotatable bonds is 9. The number of furan rings is 1. The molecule has 0 radical (unpaired) electrons. The van der Waals surface area contributed by atoms with Gasteiger partial charge in [0.25, 0.3) is 0 Å². The number of hydrogen-bond donors (Lipinski definition) is 1. The van der Waals surface area contributed by atoms with Gasteiger partial charge in [0, 0.05) is 37.8 Å². The first-order valence-electron chi connectivity index (χ1n) is 7.13. The molecule has 0 bridgehead atoms. The summed E-state index contributed by atoms with van der Waals surface area (Å²) in [4.78, 5) is 0. The van der Waals surface area contributed by atoms with Gasteiger partial charge in [0.1, 0.15) is 18.0 Å². The molecule has 0 amide bonds. The van der Waals surface area contributed by atoms with Gasteiger partial charge in [-0.2, -0.15) is 0 Å². The van der Waals surface area contributed by atoms with Crippen LogP contribution in [0.4, 0.5) is 0 Å². The van der Waals surface area contributed by atoms with Gasteiger partial charge in [-0.1, -0.05) is 25.1 Å². The molecule has 1 aromatic heterocycles. The quantitative estimate of drug-likeness (QED) is 0.715. The zero-order chi connectivity index (χ0) is 14.2. The first kappa shape index (κ1) is 15.0. The molecular formula is C16H23NO3. The summed E-state index contributed by atoms with van der Waals surface area (Å²) in [7, 11) is 1.70. The summed E-state index contributed by atoms with van der Waals surface area (Å²) in [5.74, 6) is 0.921. The molecule has 4 heteroatoms. The Morgan fingerprint density at radius 2 is 2.05 bits per heavy atom. The lowest BCUT2D eigenvalue weighted by molar-refractivity contribution is 0.0830. The van der Waals surface area contributed by atoms with Crippen LogP contribution in [0.5, 0.6) is 0 Å². The van der Waals surface area contributed by atoms with Crippen LogP contribution in [0.2, 0.25) is 0 Å². The first-order valence-corrected chi connectivity index (χ1v) is 7.13. The minimum atomic E-state index is 0.513. The molecule has 110 valence electrons. The summed E-state index contributed by atoms with van der Waals surface area (Å²) in [6.07, 6.45) is 0.902. The highest BCUT2D eigenvalue weighted by molar-refractivity contribution is 5.82. The van der Waals surface area contributed by atoms with E-state index in [1.807, 2.05) is 18.2 Å². The van der Waals surface area contributed by atoms with Crippen molar-refractivity contribution >= 4 is 11.0 Å². The largest absolute Gasteiger partial charge is 0.458 e. The summed E-state index contributed by atoms with van der Waals surface area (Å²) >= 11 is 0. The van der Waals surface area contributed by atoms with Crippen LogP contribution in [-0.4, -0.2) is 26.9 Å². The average molecular weight is 277 g/mol. The van der Waals surface area contributed by atoms with E-state index in [-0.39, 0.29) is 0 Å². The van der Waals surface area contributed by atoms with Crippen molar-refractivity contribution in [2.45, 2.75) is 26.5 Å². The number of benzene rings is 1. The van der Waals surface area contributed by atoms with Crippen molar-refractivity contribution in [3.05, 3.63) is 35.6 Å². The van der Waals surface area contributed by atoms with Crippen LogP contribution in [0.15, 0.2) is 28.7 Å². The molecule has 1 N–H and O–H groups in total. The predicted molar refractivity (Wildman–Crippen MR) is 79.7 cm³/mol. The highest BCUT2D eigenvalue weighted by atomic mass is 16.5. The molecule has 0 saturated carbocycles. The monoisotopic (exact) mass is 277 g/mol. The molecule has 2 rings (SSSR count). The molecular weight excluding hydrogens is 254 g/mol. The summed E-state index contributed by atoms with van der Waals surface area (Å²) in [6, 6.07) is 8.13. The average Bonchev–Trinajstić information content (AvgIpc) is 2.82. The zero-order valence-electron chi connectivity index (χ0n) is 12.3. The fourth-order valence-electron chi connectivity index (χ4n) is 2.18. The maximum absolute atomic E-state index is 5.91. The van der Waals surface area contributed by atoms with E-state index in [1.54, 1.807) is 7.11 Å². The molecule has 2 aromatic rings. The third-order valence-electron chi connectivity index (χ3n) is 3.20. The van der Waals surface area contributed by atoms with Crippen LogP contribution in [0.25, 0.3) is 11.0 Å². The van der Waals surface area contributed by atoms with Gasteiger partial charge in [0.05, 0.1) is 0 Å². The number of hydrogen-bond acceptors (Lipinski definition) is 4. The van der Waals surface area contributed by atoms with Crippen LogP contribution in [0, 0.1) is 0 Å². The smallest absolute Gasteiger partial charge is 0.135 e. The zero-order valence-corrected chi connectivity index (χ0v) is 12.3. The van der Waals surface area contributed by atoms with Gasteiger partial charge in [0.2, 0.25) is 0 Å². The van der Waals surface area contributed by atoms with Crippen LogP contribution >= 0.6 is 0 Å². The third-order valence-corrected chi connectivity index (χ3v) is 3.20. The van der Waals surface area contributed by atoms with Gasteiger partial charge < -0.3 is 19.2 Å². The molecule has 0 atom stereocenters. The van der Waals surface area contributed by atoms with Crippen molar-refractivity contribution < 1.29 is 13.9 Å². The van der Waals surface area contributed by atoms with E-state index in [4.69, 9.17) is 13.9 Å². The number of nitrogens with one attached hydrogen (secondary N) is 1. The molecule has 0 spiro atoms. The Labute approximate surface area is 120 Å². The fourth-order valence-corrected chi connectivity index (χ4v) is 2.18. The maximum Gasteiger partial charge on any atom is 0.135 e. The first-order chi connectivity index (χ1) is 9.86. The number of fused-ring (bicyclic) bond motifs is 1. The molecule has 1 aromatic carbocycles. The van der Waals surface area contributed by atoms with E-state index in [1.165, 1.54) is 10.9 Å². The SMILES string of the molecule is CCNCc1c(COCCCOC)oc2ccccc12. The maximum atomic E-state index is 5.91. The summed E-state index contributed by atoms with van der Waals surface area (Å²) < 4.78 is 16.6. The number of methoxy groups -OCH3 is 1. The second-order valence-electron chi connectivity index (χ2n) is 4.68. The normalized spacial score (nSPS) is 11.3. The summed E-state index contributed by atoms with van der Waals surface area (Å²) in [5, 5.41) is 4.53. The van der Waals surface area contributed by atoms with Crippen LogP contribution in [-0.2, 0) is 22.6 Å². The van der Waals surface area contributed by atoms with Crippen molar-refractivity contribution in [2.75, 3.05) is 26.9 Å². The van der Waals surface area contributed by atoms with Crippen molar-refractivity contribution in [2.24, 2.45) is 0 Å². The van der Waals surface area contributed by atoms with Crippen molar-refractivity contribution in [1.82, 2.24) is 5.32 Å². The summed E-state index contributed by atoms with van der Waals surface area (Å²) in [5.41, 5.74) is 2.13. The van der Waals surface area contributed by atoms with E-state index in [2.05, 4.69) is 18.3 Å². The molecule has 1 heterocycles. The Morgan fingerprint density at radius 3 is 2.85 bits per heavy atom. The van der Waals surface area contributed by atoms with Gasteiger partial charge in [-0.05, 0) is 19.0 Å². The van der Waals surface area contributed by atoms with Crippen LogP contribution in [0.1, 0.15) is 24.7 Å². The van der Waals surface area contributed by atoms with Crippen molar-refractivity contribution in [3.8, 4) is 0 Å². The van der Waals surface area contributed by atoms with Crippen LogP contribution < -0.4 is 5.32 Å². The van der Waals surface area contributed by atoms with Gasteiger partial charge in [-0.25, -0.2) is 0 Å². The lowest BCUT2D eigenvalue weighted by Gasteiger charge is -2.05. The van der Waals surface area contributed by atoms with E-state index in [9.17, 15) is 0 Å². The highest BCUT2D eigenvalue weighted by Crippen LogP contribution is 2.26. The highest BCUT2D eigenvalue weighted by Gasteiger charge is 2.13.